The molecule has 1 aromatic heterocycles. The van der Waals surface area contributed by atoms with Crippen molar-refractivity contribution in [3.8, 4) is 6.07 Å². The maximum Gasteiger partial charge on any atom is 0.258 e. The molecule has 0 saturated carbocycles. The summed E-state index contributed by atoms with van der Waals surface area (Å²) >= 11 is 0. The summed E-state index contributed by atoms with van der Waals surface area (Å²) in [6.45, 7) is 3.51. The van der Waals surface area contributed by atoms with Gasteiger partial charge in [0, 0.05) is 19.8 Å². The van der Waals surface area contributed by atoms with E-state index in [1.165, 1.54) is 11.1 Å². The second-order valence-electron chi connectivity index (χ2n) is 3.49. The van der Waals surface area contributed by atoms with Crippen LogP contribution in [0.25, 0.3) is 0 Å². The lowest BCUT2D eigenvalue weighted by molar-refractivity contribution is 0.0772. The van der Waals surface area contributed by atoms with E-state index in [2.05, 4.69) is 5.10 Å². The molecular formula is C10H14N4O. The van der Waals surface area contributed by atoms with Crippen molar-refractivity contribution in [2.75, 3.05) is 7.05 Å². The van der Waals surface area contributed by atoms with Gasteiger partial charge in [0.25, 0.3) is 5.91 Å². The molecule has 1 aromatic rings. The van der Waals surface area contributed by atoms with Crippen molar-refractivity contribution < 1.29 is 4.79 Å². The Kier molecular flexibility index (Phi) is 3.10. The molecule has 1 heterocycles. The molecule has 1 rings (SSSR count). The lowest BCUT2D eigenvalue weighted by atomic mass is 10.2. The summed E-state index contributed by atoms with van der Waals surface area (Å²) in [6.07, 6.45) is 1.53. The van der Waals surface area contributed by atoms with Crippen molar-refractivity contribution in [2.24, 2.45) is 7.05 Å². The number of nitriles is 1. The van der Waals surface area contributed by atoms with Gasteiger partial charge in [-0.3, -0.25) is 9.48 Å². The number of hydrogen-bond donors (Lipinski definition) is 0. The second kappa shape index (κ2) is 4.13. The molecule has 0 bridgehead atoms. The molecule has 5 heteroatoms. The highest BCUT2D eigenvalue weighted by Gasteiger charge is 2.20. The minimum Gasteiger partial charge on any atom is -0.326 e. The third-order valence-corrected chi connectivity index (χ3v) is 2.55. The van der Waals surface area contributed by atoms with Crippen LogP contribution < -0.4 is 0 Å². The number of aromatic nitrogens is 2. The quantitative estimate of drug-likeness (QED) is 0.716. The Hall–Kier alpha value is -1.83. The van der Waals surface area contributed by atoms with Gasteiger partial charge in [0.2, 0.25) is 0 Å². The highest BCUT2D eigenvalue weighted by atomic mass is 16.2. The second-order valence-corrected chi connectivity index (χ2v) is 3.49. The average Bonchev–Trinajstić information content (AvgIpc) is 2.56. The zero-order valence-corrected chi connectivity index (χ0v) is 9.35. The van der Waals surface area contributed by atoms with Crippen LogP contribution in [0.3, 0.4) is 0 Å². The molecule has 15 heavy (non-hydrogen) atoms. The number of amides is 1. The van der Waals surface area contributed by atoms with Crippen molar-refractivity contribution in [2.45, 2.75) is 19.9 Å². The molecule has 0 spiro atoms. The van der Waals surface area contributed by atoms with E-state index >= 15 is 0 Å². The first-order chi connectivity index (χ1) is 6.99. The van der Waals surface area contributed by atoms with Crippen molar-refractivity contribution in [1.29, 1.82) is 5.26 Å². The van der Waals surface area contributed by atoms with Crippen LogP contribution in [0.1, 0.15) is 23.0 Å². The first-order valence-electron chi connectivity index (χ1n) is 4.64. The van der Waals surface area contributed by atoms with E-state index in [1.807, 2.05) is 13.0 Å². The Morgan fingerprint density at radius 3 is 2.73 bits per heavy atom. The summed E-state index contributed by atoms with van der Waals surface area (Å²) in [5.41, 5.74) is 1.35. The van der Waals surface area contributed by atoms with Gasteiger partial charge in [-0.1, -0.05) is 0 Å². The van der Waals surface area contributed by atoms with Crippen LogP contribution in [0.15, 0.2) is 6.20 Å². The minimum atomic E-state index is -0.433. The van der Waals surface area contributed by atoms with Crippen LogP contribution in [0.4, 0.5) is 0 Å². The van der Waals surface area contributed by atoms with Crippen LogP contribution in [0.2, 0.25) is 0 Å². The molecule has 0 aromatic carbocycles. The normalized spacial score (nSPS) is 11.9. The SMILES string of the molecule is Cc1c(C(=O)N(C)C(C)C#N)cnn1C. The number of carbonyl (C=O) groups excluding carboxylic acids is 1. The van der Waals surface area contributed by atoms with Crippen LogP contribution in [0, 0.1) is 18.3 Å². The molecule has 0 fully saturated rings. The van der Waals surface area contributed by atoms with E-state index in [0.29, 0.717) is 5.56 Å². The predicted molar refractivity (Wildman–Crippen MR) is 55.1 cm³/mol. The van der Waals surface area contributed by atoms with Crippen LogP contribution >= 0.6 is 0 Å². The van der Waals surface area contributed by atoms with Crippen LogP contribution in [-0.2, 0) is 7.05 Å². The monoisotopic (exact) mass is 206 g/mol. The molecule has 0 radical (unpaired) electrons. The first-order valence-corrected chi connectivity index (χ1v) is 4.64. The van der Waals surface area contributed by atoms with Gasteiger partial charge >= 0.3 is 0 Å². The molecule has 0 N–H and O–H groups in total. The lowest BCUT2D eigenvalue weighted by Crippen LogP contribution is -2.34. The van der Waals surface area contributed by atoms with E-state index < -0.39 is 6.04 Å². The molecular weight excluding hydrogens is 192 g/mol. The summed E-state index contributed by atoms with van der Waals surface area (Å²) in [5, 5.41) is 12.7. The van der Waals surface area contributed by atoms with Crippen LogP contribution in [-0.4, -0.2) is 33.7 Å². The Morgan fingerprint density at radius 2 is 2.33 bits per heavy atom. The topological polar surface area (TPSA) is 61.9 Å². The van der Waals surface area contributed by atoms with E-state index in [4.69, 9.17) is 5.26 Å². The summed E-state index contributed by atoms with van der Waals surface area (Å²) in [4.78, 5) is 13.3. The predicted octanol–water partition coefficient (Wildman–Crippen LogP) is 0.713. The third-order valence-electron chi connectivity index (χ3n) is 2.55. The molecule has 0 aliphatic carbocycles. The van der Waals surface area contributed by atoms with Gasteiger partial charge in [-0.15, -0.1) is 0 Å². The summed E-state index contributed by atoms with van der Waals surface area (Å²) < 4.78 is 1.64. The smallest absolute Gasteiger partial charge is 0.258 e. The van der Waals surface area contributed by atoms with E-state index in [0.717, 1.165) is 5.69 Å². The zero-order valence-electron chi connectivity index (χ0n) is 9.35. The van der Waals surface area contributed by atoms with E-state index in [9.17, 15) is 4.79 Å². The van der Waals surface area contributed by atoms with Gasteiger partial charge in [0.1, 0.15) is 6.04 Å². The van der Waals surface area contributed by atoms with E-state index in [-0.39, 0.29) is 5.91 Å². The molecule has 1 amide bonds. The van der Waals surface area contributed by atoms with E-state index in [1.54, 1.807) is 25.7 Å². The van der Waals surface area contributed by atoms with Gasteiger partial charge in [0.05, 0.1) is 17.8 Å². The largest absolute Gasteiger partial charge is 0.326 e. The minimum absolute atomic E-state index is 0.172. The number of aryl methyl sites for hydroxylation is 1. The molecule has 0 aliphatic rings. The van der Waals surface area contributed by atoms with Crippen molar-refractivity contribution in [3.63, 3.8) is 0 Å². The van der Waals surface area contributed by atoms with Gasteiger partial charge < -0.3 is 4.90 Å². The maximum absolute atomic E-state index is 11.9. The van der Waals surface area contributed by atoms with Crippen molar-refractivity contribution in [1.82, 2.24) is 14.7 Å². The third kappa shape index (κ3) is 1.99. The fourth-order valence-electron chi connectivity index (χ4n) is 1.16. The van der Waals surface area contributed by atoms with Gasteiger partial charge in [-0.25, -0.2) is 0 Å². The first kappa shape index (κ1) is 11.2. The lowest BCUT2D eigenvalue weighted by Gasteiger charge is -2.18. The maximum atomic E-state index is 11.9. The highest BCUT2D eigenvalue weighted by molar-refractivity contribution is 5.95. The molecule has 0 aliphatic heterocycles. The summed E-state index contributed by atoms with van der Waals surface area (Å²) in [7, 11) is 3.39. The fourth-order valence-corrected chi connectivity index (χ4v) is 1.16. The van der Waals surface area contributed by atoms with Gasteiger partial charge in [-0.2, -0.15) is 10.4 Å². The Morgan fingerprint density at radius 1 is 1.73 bits per heavy atom. The Labute approximate surface area is 88.9 Å². The number of hydrogen-bond acceptors (Lipinski definition) is 3. The molecule has 1 atom stereocenters. The highest BCUT2D eigenvalue weighted by Crippen LogP contribution is 2.10. The molecule has 5 nitrogen and oxygen atoms in total. The molecule has 1 unspecified atom stereocenters. The van der Waals surface area contributed by atoms with Gasteiger partial charge in [-0.05, 0) is 13.8 Å². The summed E-state index contributed by atoms with van der Waals surface area (Å²) in [6, 6.07) is 1.59. The Balaban J connectivity index is 2.96. The fraction of sp³-hybridized carbons (Fsp3) is 0.500. The van der Waals surface area contributed by atoms with Crippen molar-refractivity contribution in [3.05, 3.63) is 17.5 Å². The number of nitrogens with zero attached hydrogens (tertiary/aromatic N) is 4. The number of carbonyl (C=O) groups is 1. The van der Waals surface area contributed by atoms with Crippen LogP contribution in [0.5, 0.6) is 0 Å². The van der Waals surface area contributed by atoms with Gasteiger partial charge in [0.15, 0.2) is 0 Å². The van der Waals surface area contributed by atoms with Crippen molar-refractivity contribution >= 4 is 5.91 Å². The Bertz CT molecular complexity index is 416. The average molecular weight is 206 g/mol. The standard InChI is InChI=1S/C10H14N4O/c1-7(5-11)13(3)10(15)9-6-12-14(4)8(9)2/h6-7H,1-4H3. The molecule has 80 valence electrons. The number of rotatable bonds is 2. The summed E-state index contributed by atoms with van der Waals surface area (Å²) in [5.74, 6) is -0.172. The molecule has 0 saturated heterocycles. The zero-order chi connectivity index (χ0) is 11.6.